The van der Waals surface area contributed by atoms with Crippen molar-refractivity contribution >= 4 is 40.8 Å². The molecule has 1 unspecified atom stereocenters. The molecule has 9 nitrogen and oxygen atoms in total. The Morgan fingerprint density at radius 1 is 1.13 bits per heavy atom. The van der Waals surface area contributed by atoms with E-state index in [1.165, 1.54) is 0 Å². The summed E-state index contributed by atoms with van der Waals surface area (Å²) in [5, 5.41) is 5.29. The lowest BCUT2D eigenvalue weighted by molar-refractivity contribution is -0.150. The highest BCUT2D eigenvalue weighted by molar-refractivity contribution is 6.00. The topological polar surface area (TPSA) is 114 Å². The Kier molecular flexibility index (Phi) is 5.83. The van der Waals surface area contributed by atoms with Crippen LogP contribution in [0.15, 0.2) is 48.5 Å². The first-order chi connectivity index (χ1) is 15.0. The number of rotatable bonds is 6. The smallest absolute Gasteiger partial charge is 0.310 e. The number of ether oxygens (including phenoxy) is 2. The molecular formula is C22H21N3O6. The van der Waals surface area contributed by atoms with E-state index >= 15 is 0 Å². The molecule has 2 heterocycles. The number of hydrogen-bond acceptors (Lipinski definition) is 6. The average Bonchev–Trinajstić information content (AvgIpc) is 3.19. The van der Waals surface area contributed by atoms with Crippen LogP contribution in [0.5, 0.6) is 5.75 Å². The van der Waals surface area contributed by atoms with Gasteiger partial charge in [0.05, 0.1) is 12.1 Å². The molecule has 0 saturated carbocycles. The first-order valence-corrected chi connectivity index (χ1v) is 9.92. The van der Waals surface area contributed by atoms with Gasteiger partial charge < -0.3 is 25.0 Å². The van der Waals surface area contributed by atoms with Crippen molar-refractivity contribution in [2.24, 2.45) is 0 Å². The van der Waals surface area contributed by atoms with Gasteiger partial charge in [0.25, 0.3) is 11.8 Å². The van der Waals surface area contributed by atoms with E-state index in [1.807, 2.05) is 0 Å². The minimum Gasteiger partial charge on any atom is -0.478 e. The van der Waals surface area contributed by atoms with E-state index in [9.17, 15) is 19.2 Å². The molecule has 4 rings (SSSR count). The Bertz CT molecular complexity index is 1020. The number of amides is 3. The molecule has 1 fully saturated rings. The molecule has 2 aromatic carbocycles. The molecule has 9 heteroatoms. The highest BCUT2D eigenvalue weighted by atomic mass is 16.5. The minimum atomic E-state index is -1.02. The number of carbonyl (C=O) groups is 4. The molecular weight excluding hydrogens is 402 g/mol. The highest BCUT2D eigenvalue weighted by Gasteiger charge is 2.30. The highest BCUT2D eigenvalue weighted by Crippen LogP contribution is 2.29. The summed E-state index contributed by atoms with van der Waals surface area (Å²) in [6.07, 6.45) is 0.0462. The second kappa shape index (κ2) is 8.86. The van der Waals surface area contributed by atoms with E-state index in [-0.39, 0.29) is 12.3 Å². The predicted octanol–water partition coefficient (Wildman–Crippen LogP) is 2.08. The van der Waals surface area contributed by atoms with Gasteiger partial charge in [-0.2, -0.15) is 0 Å². The maximum absolute atomic E-state index is 12.1. The molecule has 1 saturated heterocycles. The Labute approximate surface area is 178 Å². The molecule has 2 aliphatic heterocycles. The molecule has 160 valence electrons. The van der Waals surface area contributed by atoms with Crippen LogP contribution in [0, 0.1) is 0 Å². The van der Waals surface area contributed by atoms with Gasteiger partial charge in [-0.3, -0.25) is 19.2 Å². The summed E-state index contributed by atoms with van der Waals surface area (Å²) in [6, 6.07) is 13.8. The molecule has 0 aliphatic carbocycles. The minimum absolute atomic E-state index is 0.0859. The van der Waals surface area contributed by atoms with Gasteiger partial charge >= 0.3 is 5.97 Å². The monoisotopic (exact) mass is 423 g/mol. The predicted molar refractivity (Wildman–Crippen MR) is 112 cm³/mol. The summed E-state index contributed by atoms with van der Waals surface area (Å²) in [6.45, 7) is 0.199. The molecule has 1 atom stereocenters. The van der Waals surface area contributed by atoms with Crippen molar-refractivity contribution in [3.8, 4) is 5.75 Å². The Balaban J connectivity index is 1.24. The number of anilines is 3. The summed E-state index contributed by atoms with van der Waals surface area (Å²) in [7, 11) is 0. The maximum atomic E-state index is 12.1. The van der Waals surface area contributed by atoms with Gasteiger partial charge in [0.2, 0.25) is 5.91 Å². The Morgan fingerprint density at radius 2 is 1.90 bits per heavy atom. The summed E-state index contributed by atoms with van der Waals surface area (Å²) in [5.41, 5.74) is 1.83. The van der Waals surface area contributed by atoms with Crippen molar-refractivity contribution in [3.63, 3.8) is 0 Å². The fourth-order valence-electron chi connectivity index (χ4n) is 3.43. The maximum Gasteiger partial charge on any atom is 0.310 e. The number of nitrogens with zero attached hydrogens (tertiary/aromatic N) is 1. The van der Waals surface area contributed by atoms with Crippen molar-refractivity contribution in [2.75, 3.05) is 28.7 Å². The Hall–Kier alpha value is -3.88. The second-order valence-corrected chi connectivity index (χ2v) is 7.20. The van der Waals surface area contributed by atoms with Gasteiger partial charge in [0.15, 0.2) is 12.7 Å². The standard InChI is InChI=1S/C22H21N3O6/c26-19(23-14-7-9-15(10-8-14)25-11-3-6-20(25)27)13-30-21(28)12-18-22(29)24-16-4-1-2-5-17(16)31-18/h1-2,4-5,7-10,18H,3,6,11-13H2,(H,23,26)(H,24,29). The summed E-state index contributed by atoms with van der Waals surface area (Å²) in [5.74, 6) is -1.13. The number of para-hydroxylation sites is 2. The number of carbonyl (C=O) groups excluding carboxylic acids is 4. The first kappa shape index (κ1) is 20.4. The summed E-state index contributed by atoms with van der Waals surface area (Å²) >= 11 is 0. The zero-order valence-corrected chi connectivity index (χ0v) is 16.6. The SMILES string of the molecule is O=C(COC(=O)CC1Oc2ccccc2NC1=O)Nc1ccc(N2CCCC2=O)cc1. The van der Waals surface area contributed by atoms with Gasteiger partial charge in [-0.05, 0) is 42.8 Å². The van der Waals surface area contributed by atoms with E-state index in [0.29, 0.717) is 30.1 Å². The lowest BCUT2D eigenvalue weighted by Gasteiger charge is -2.25. The van der Waals surface area contributed by atoms with Crippen LogP contribution in [0.4, 0.5) is 17.1 Å². The largest absolute Gasteiger partial charge is 0.478 e. The fraction of sp³-hybridized carbons (Fsp3) is 0.273. The van der Waals surface area contributed by atoms with Gasteiger partial charge in [-0.25, -0.2) is 0 Å². The third kappa shape index (κ3) is 4.82. The Morgan fingerprint density at radius 3 is 2.65 bits per heavy atom. The molecule has 0 radical (unpaired) electrons. The van der Waals surface area contributed by atoms with Crippen molar-refractivity contribution in [1.82, 2.24) is 0 Å². The van der Waals surface area contributed by atoms with E-state index in [0.717, 1.165) is 12.1 Å². The van der Waals surface area contributed by atoms with Crippen LogP contribution < -0.4 is 20.3 Å². The van der Waals surface area contributed by atoms with Crippen LogP contribution in [0.3, 0.4) is 0 Å². The molecule has 2 aromatic rings. The van der Waals surface area contributed by atoms with Gasteiger partial charge in [0.1, 0.15) is 5.75 Å². The van der Waals surface area contributed by atoms with Crippen molar-refractivity contribution < 1.29 is 28.7 Å². The molecule has 2 aliphatic rings. The van der Waals surface area contributed by atoms with Crippen LogP contribution >= 0.6 is 0 Å². The molecule has 0 aromatic heterocycles. The van der Waals surface area contributed by atoms with Gasteiger partial charge in [-0.1, -0.05) is 12.1 Å². The zero-order valence-electron chi connectivity index (χ0n) is 16.6. The number of nitrogens with one attached hydrogen (secondary N) is 2. The quantitative estimate of drug-likeness (QED) is 0.688. The second-order valence-electron chi connectivity index (χ2n) is 7.20. The van der Waals surface area contributed by atoms with Crippen LogP contribution in [-0.2, 0) is 23.9 Å². The number of benzene rings is 2. The van der Waals surface area contributed by atoms with Crippen LogP contribution in [0.1, 0.15) is 19.3 Å². The average molecular weight is 423 g/mol. The zero-order chi connectivity index (χ0) is 21.8. The third-order valence-electron chi connectivity index (χ3n) is 4.96. The van der Waals surface area contributed by atoms with Gasteiger partial charge in [0, 0.05) is 24.3 Å². The molecule has 31 heavy (non-hydrogen) atoms. The van der Waals surface area contributed by atoms with E-state index in [2.05, 4.69) is 10.6 Å². The van der Waals surface area contributed by atoms with Crippen molar-refractivity contribution in [1.29, 1.82) is 0 Å². The summed E-state index contributed by atoms with van der Waals surface area (Å²) < 4.78 is 10.5. The lowest BCUT2D eigenvalue weighted by Crippen LogP contribution is -2.39. The normalized spacial score (nSPS) is 17.4. The number of hydrogen-bond donors (Lipinski definition) is 2. The third-order valence-corrected chi connectivity index (χ3v) is 4.96. The lowest BCUT2D eigenvalue weighted by atomic mass is 10.1. The number of fused-ring (bicyclic) bond motifs is 1. The van der Waals surface area contributed by atoms with Crippen LogP contribution in [0.25, 0.3) is 0 Å². The van der Waals surface area contributed by atoms with Crippen LogP contribution in [0.2, 0.25) is 0 Å². The summed E-state index contributed by atoms with van der Waals surface area (Å²) in [4.78, 5) is 49.7. The number of esters is 1. The first-order valence-electron chi connectivity index (χ1n) is 9.92. The molecule has 0 spiro atoms. The molecule has 3 amide bonds. The van der Waals surface area contributed by atoms with E-state index < -0.39 is 30.5 Å². The fourth-order valence-corrected chi connectivity index (χ4v) is 3.43. The van der Waals surface area contributed by atoms with Gasteiger partial charge in [-0.15, -0.1) is 0 Å². The van der Waals surface area contributed by atoms with Crippen molar-refractivity contribution in [3.05, 3.63) is 48.5 Å². The van der Waals surface area contributed by atoms with E-state index in [1.54, 1.807) is 53.4 Å². The van der Waals surface area contributed by atoms with Crippen molar-refractivity contribution in [2.45, 2.75) is 25.4 Å². The molecule has 0 bridgehead atoms. The van der Waals surface area contributed by atoms with E-state index in [4.69, 9.17) is 9.47 Å². The molecule has 2 N–H and O–H groups in total. The van der Waals surface area contributed by atoms with Crippen LogP contribution in [-0.4, -0.2) is 42.9 Å².